The van der Waals surface area contributed by atoms with Gasteiger partial charge in [-0.15, -0.1) is 0 Å². The van der Waals surface area contributed by atoms with Gasteiger partial charge in [-0.1, -0.05) is 44.2 Å². The van der Waals surface area contributed by atoms with Crippen molar-refractivity contribution >= 4 is 6.09 Å². The fraction of sp³-hybridized carbons (Fsp3) is 0.533. The Bertz CT molecular complexity index is 386. The van der Waals surface area contributed by atoms with Gasteiger partial charge in [0.15, 0.2) is 0 Å². The minimum absolute atomic E-state index is 0. The van der Waals surface area contributed by atoms with Crippen LogP contribution in [0.4, 0.5) is 4.79 Å². The third-order valence-electron chi connectivity index (χ3n) is 3.32. The molecule has 0 spiro atoms. The van der Waals surface area contributed by atoms with Crippen LogP contribution in [-0.4, -0.2) is 18.7 Å². The quantitative estimate of drug-likeness (QED) is 0.885. The molecule has 3 heteroatoms. The second-order valence-electron chi connectivity index (χ2n) is 4.80. The summed E-state index contributed by atoms with van der Waals surface area (Å²) in [5.74, 6) is 0.509. The maximum Gasteiger partial charge on any atom is 0.407 e. The SMILES string of the molecule is C.Cc1ccc([C@H](C)CC[C@H]2CNC(=O)O2)cc1. The van der Waals surface area contributed by atoms with Crippen LogP contribution in [0.5, 0.6) is 0 Å². The molecule has 1 aliphatic heterocycles. The van der Waals surface area contributed by atoms with Crippen molar-refractivity contribution in [2.45, 2.75) is 46.1 Å². The lowest BCUT2D eigenvalue weighted by Crippen LogP contribution is -2.15. The summed E-state index contributed by atoms with van der Waals surface area (Å²) in [6.45, 7) is 4.96. The summed E-state index contributed by atoms with van der Waals surface area (Å²) in [5.41, 5.74) is 2.64. The van der Waals surface area contributed by atoms with Crippen molar-refractivity contribution in [2.24, 2.45) is 0 Å². The van der Waals surface area contributed by atoms with Gasteiger partial charge in [0.25, 0.3) is 0 Å². The van der Waals surface area contributed by atoms with Crippen LogP contribution in [0.2, 0.25) is 0 Å². The first-order valence-corrected chi connectivity index (χ1v) is 6.16. The van der Waals surface area contributed by atoms with E-state index in [-0.39, 0.29) is 19.6 Å². The van der Waals surface area contributed by atoms with Gasteiger partial charge in [0.05, 0.1) is 6.54 Å². The van der Waals surface area contributed by atoms with E-state index in [1.807, 2.05) is 0 Å². The Morgan fingerprint density at radius 3 is 2.61 bits per heavy atom. The van der Waals surface area contributed by atoms with Crippen molar-refractivity contribution in [3.05, 3.63) is 35.4 Å². The first-order chi connectivity index (χ1) is 8.15. The number of rotatable bonds is 4. The molecule has 1 aliphatic rings. The largest absolute Gasteiger partial charge is 0.444 e. The fourth-order valence-corrected chi connectivity index (χ4v) is 2.09. The molecule has 2 atom stereocenters. The standard InChI is InChI=1S/C14H19NO2.CH4/c1-10-3-6-12(7-4-10)11(2)5-8-13-9-15-14(16)17-13;/h3-4,6-7,11,13H,5,8-9H2,1-2H3,(H,15,16);1H4/t11-,13+;/m1./s1. The zero-order valence-corrected chi connectivity index (χ0v) is 10.4. The molecule has 0 aliphatic carbocycles. The highest BCUT2D eigenvalue weighted by atomic mass is 16.6. The van der Waals surface area contributed by atoms with Crippen molar-refractivity contribution in [3.63, 3.8) is 0 Å². The minimum atomic E-state index is -0.280. The molecule has 1 fully saturated rings. The minimum Gasteiger partial charge on any atom is -0.444 e. The third kappa shape index (κ3) is 3.76. The predicted molar refractivity (Wildman–Crippen MR) is 73.8 cm³/mol. The van der Waals surface area contributed by atoms with E-state index < -0.39 is 0 Å². The lowest BCUT2D eigenvalue weighted by Gasteiger charge is -2.14. The summed E-state index contributed by atoms with van der Waals surface area (Å²) in [5, 5.41) is 2.68. The van der Waals surface area contributed by atoms with Crippen molar-refractivity contribution in [3.8, 4) is 0 Å². The Kier molecular flexibility index (Phi) is 5.20. The second kappa shape index (κ2) is 6.43. The molecular formula is C15H23NO2. The molecule has 1 amide bonds. The molecule has 18 heavy (non-hydrogen) atoms. The van der Waals surface area contributed by atoms with E-state index >= 15 is 0 Å². The molecule has 0 radical (unpaired) electrons. The Labute approximate surface area is 110 Å². The van der Waals surface area contributed by atoms with Crippen molar-refractivity contribution in [1.29, 1.82) is 0 Å². The molecule has 0 bridgehead atoms. The Hall–Kier alpha value is -1.51. The molecule has 0 aromatic heterocycles. The summed E-state index contributed by atoms with van der Waals surface area (Å²) in [6.07, 6.45) is 1.74. The van der Waals surface area contributed by atoms with Gasteiger partial charge < -0.3 is 10.1 Å². The smallest absolute Gasteiger partial charge is 0.407 e. The van der Waals surface area contributed by atoms with Gasteiger partial charge in [0.2, 0.25) is 0 Å². The Morgan fingerprint density at radius 2 is 2.06 bits per heavy atom. The first-order valence-electron chi connectivity index (χ1n) is 6.16. The Morgan fingerprint density at radius 1 is 1.39 bits per heavy atom. The van der Waals surface area contributed by atoms with E-state index in [1.165, 1.54) is 11.1 Å². The van der Waals surface area contributed by atoms with E-state index in [4.69, 9.17) is 4.74 Å². The van der Waals surface area contributed by atoms with Crippen LogP contribution in [0.3, 0.4) is 0 Å². The molecule has 0 saturated carbocycles. The monoisotopic (exact) mass is 249 g/mol. The van der Waals surface area contributed by atoms with Crippen LogP contribution < -0.4 is 5.32 Å². The highest BCUT2D eigenvalue weighted by Gasteiger charge is 2.22. The number of benzene rings is 1. The van der Waals surface area contributed by atoms with Gasteiger partial charge in [-0.2, -0.15) is 0 Å². The number of hydrogen-bond acceptors (Lipinski definition) is 2. The number of amides is 1. The maximum absolute atomic E-state index is 10.9. The van der Waals surface area contributed by atoms with Crippen LogP contribution in [0.25, 0.3) is 0 Å². The summed E-state index contributed by atoms with van der Waals surface area (Å²) in [6, 6.07) is 8.64. The number of aryl methyl sites for hydroxylation is 1. The zero-order chi connectivity index (χ0) is 12.3. The molecule has 0 unspecified atom stereocenters. The number of cyclic esters (lactones) is 1. The van der Waals surface area contributed by atoms with Gasteiger partial charge in [-0.3, -0.25) is 0 Å². The zero-order valence-electron chi connectivity index (χ0n) is 10.4. The number of ether oxygens (including phenoxy) is 1. The van der Waals surface area contributed by atoms with Crippen LogP contribution in [0, 0.1) is 6.92 Å². The average molecular weight is 249 g/mol. The highest BCUT2D eigenvalue weighted by Crippen LogP contribution is 2.23. The van der Waals surface area contributed by atoms with Gasteiger partial charge in [-0.05, 0) is 31.2 Å². The molecule has 1 heterocycles. The summed E-state index contributed by atoms with van der Waals surface area (Å²) < 4.78 is 5.12. The van der Waals surface area contributed by atoms with E-state index in [0.717, 1.165) is 12.8 Å². The number of nitrogens with one attached hydrogen (secondary N) is 1. The van der Waals surface area contributed by atoms with E-state index in [2.05, 4.69) is 43.4 Å². The molecular weight excluding hydrogens is 226 g/mol. The fourth-order valence-electron chi connectivity index (χ4n) is 2.09. The Balaban J connectivity index is 0.00000162. The first kappa shape index (κ1) is 14.6. The van der Waals surface area contributed by atoms with Crippen LogP contribution in [0.15, 0.2) is 24.3 Å². The second-order valence-corrected chi connectivity index (χ2v) is 4.80. The van der Waals surface area contributed by atoms with E-state index in [0.29, 0.717) is 12.5 Å². The third-order valence-corrected chi connectivity index (χ3v) is 3.32. The average Bonchev–Trinajstić information content (AvgIpc) is 2.73. The number of carbonyl (C=O) groups excluding carboxylic acids is 1. The van der Waals surface area contributed by atoms with Gasteiger partial charge in [0.1, 0.15) is 6.10 Å². The van der Waals surface area contributed by atoms with Crippen molar-refractivity contribution < 1.29 is 9.53 Å². The van der Waals surface area contributed by atoms with Crippen LogP contribution in [0.1, 0.15) is 44.2 Å². The van der Waals surface area contributed by atoms with Gasteiger partial charge in [0, 0.05) is 0 Å². The number of carbonyl (C=O) groups is 1. The van der Waals surface area contributed by atoms with E-state index in [9.17, 15) is 4.79 Å². The van der Waals surface area contributed by atoms with Gasteiger partial charge in [-0.25, -0.2) is 4.79 Å². The predicted octanol–water partition coefficient (Wildman–Crippen LogP) is 3.62. The molecule has 1 aromatic rings. The van der Waals surface area contributed by atoms with Gasteiger partial charge >= 0.3 is 6.09 Å². The van der Waals surface area contributed by atoms with Crippen molar-refractivity contribution in [1.82, 2.24) is 5.32 Å². The molecule has 1 N–H and O–H groups in total. The van der Waals surface area contributed by atoms with Crippen LogP contribution >= 0.6 is 0 Å². The highest BCUT2D eigenvalue weighted by molar-refractivity contribution is 5.69. The van der Waals surface area contributed by atoms with E-state index in [1.54, 1.807) is 0 Å². The lowest BCUT2D eigenvalue weighted by atomic mass is 9.94. The topological polar surface area (TPSA) is 38.3 Å². The molecule has 100 valence electrons. The molecule has 1 saturated heterocycles. The van der Waals surface area contributed by atoms with Crippen LogP contribution in [-0.2, 0) is 4.74 Å². The normalized spacial score (nSPS) is 19.7. The molecule has 1 aromatic carbocycles. The van der Waals surface area contributed by atoms with Crippen molar-refractivity contribution in [2.75, 3.05) is 6.54 Å². The molecule has 2 rings (SSSR count). The molecule has 3 nitrogen and oxygen atoms in total. The summed E-state index contributed by atoms with van der Waals surface area (Å²) in [4.78, 5) is 10.9. The lowest BCUT2D eigenvalue weighted by molar-refractivity contribution is 0.133. The summed E-state index contributed by atoms with van der Waals surface area (Å²) in [7, 11) is 0. The summed E-state index contributed by atoms with van der Waals surface area (Å²) >= 11 is 0. The maximum atomic E-state index is 10.9. The number of alkyl carbamates (subject to hydrolysis) is 1. The number of hydrogen-bond donors (Lipinski definition) is 1.